The normalized spacial score (nSPS) is 14.2. The summed E-state index contributed by atoms with van der Waals surface area (Å²) in [7, 11) is 0. The Labute approximate surface area is 184 Å². The Morgan fingerprint density at radius 3 is 2.48 bits per heavy atom. The Hall–Kier alpha value is -3.45. The molecule has 1 saturated heterocycles. The Balaban J connectivity index is 1.41. The number of hydrogen-bond acceptors (Lipinski definition) is 6. The van der Waals surface area contributed by atoms with Gasteiger partial charge in [0.1, 0.15) is 22.7 Å². The fourth-order valence-corrected chi connectivity index (χ4v) is 4.90. The summed E-state index contributed by atoms with van der Waals surface area (Å²) < 4.78 is 0. The number of para-hydroxylation sites is 1. The minimum absolute atomic E-state index is 0.0217. The van der Waals surface area contributed by atoms with Crippen molar-refractivity contribution in [1.29, 1.82) is 0 Å². The Bertz CT molecular complexity index is 1240. The maximum Gasteiger partial charge on any atom is 0.257 e. The van der Waals surface area contributed by atoms with Gasteiger partial charge < -0.3 is 14.9 Å². The number of carbonyl (C=O) groups is 1. The number of amides is 1. The molecule has 2 aromatic heterocycles. The molecule has 0 aliphatic carbocycles. The molecular weight excluding hydrogens is 408 g/mol. The summed E-state index contributed by atoms with van der Waals surface area (Å²) in [4.78, 5) is 26.9. The molecule has 1 aliphatic heterocycles. The molecule has 1 amide bonds. The van der Waals surface area contributed by atoms with Crippen LogP contribution >= 0.6 is 11.3 Å². The molecule has 0 radical (unpaired) electrons. The van der Waals surface area contributed by atoms with Crippen LogP contribution < -0.4 is 4.90 Å². The average Bonchev–Trinajstić information content (AvgIpc) is 3.24. The third kappa shape index (κ3) is 3.61. The molecule has 0 saturated carbocycles. The molecule has 7 heteroatoms. The number of piperazine rings is 1. The monoisotopic (exact) mass is 430 g/mol. The maximum absolute atomic E-state index is 12.8. The lowest BCUT2D eigenvalue weighted by Gasteiger charge is -2.35. The van der Waals surface area contributed by atoms with Gasteiger partial charge in [0.2, 0.25) is 0 Å². The van der Waals surface area contributed by atoms with Crippen molar-refractivity contribution in [3.63, 3.8) is 0 Å². The van der Waals surface area contributed by atoms with E-state index in [4.69, 9.17) is 0 Å². The average molecular weight is 431 g/mol. The van der Waals surface area contributed by atoms with E-state index >= 15 is 0 Å². The number of aromatic hydroxyl groups is 1. The summed E-state index contributed by atoms with van der Waals surface area (Å²) in [6, 6.07) is 15.2. The van der Waals surface area contributed by atoms with Crippen LogP contribution in [0.1, 0.15) is 15.9 Å². The fourth-order valence-electron chi connectivity index (χ4n) is 3.99. The zero-order chi connectivity index (χ0) is 21.4. The first-order chi connectivity index (χ1) is 15.1. The second kappa shape index (κ2) is 8.00. The van der Waals surface area contributed by atoms with Crippen LogP contribution in [0.3, 0.4) is 0 Å². The maximum atomic E-state index is 12.8. The van der Waals surface area contributed by atoms with E-state index in [0.717, 1.165) is 27.2 Å². The number of hydrogen-bond donors (Lipinski definition) is 1. The summed E-state index contributed by atoms with van der Waals surface area (Å²) in [5.74, 6) is 0.798. The predicted molar refractivity (Wildman–Crippen MR) is 124 cm³/mol. The van der Waals surface area contributed by atoms with Gasteiger partial charge in [0.15, 0.2) is 0 Å². The van der Waals surface area contributed by atoms with E-state index in [1.54, 1.807) is 46.8 Å². The highest BCUT2D eigenvalue weighted by molar-refractivity contribution is 7.17. The number of phenolic OH excluding ortho intramolecular Hbond substituents is 1. The molecule has 1 N–H and O–H groups in total. The summed E-state index contributed by atoms with van der Waals surface area (Å²) >= 11 is 1.63. The van der Waals surface area contributed by atoms with Gasteiger partial charge >= 0.3 is 0 Å². The van der Waals surface area contributed by atoms with Crippen LogP contribution in [-0.2, 0) is 0 Å². The number of benzene rings is 2. The van der Waals surface area contributed by atoms with E-state index in [1.807, 2.05) is 0 Å². The van der Waals surface area contributed by atoms with Gasteiger partial charge in [0.25, 0.3) is 5.91 Å². The summed E-state index contributed by atoms with van der Waals surface area (Å²) in [5.41, 5.74) is 3.87. The number of anilines is 1. The van der Waals surface area contributed by atoms with Crippen molar-refractivity contribution in [3.8, 4) is 16.9 Å². The molecular formula is C24H22N4O2S. The van der Waals surface area contributed by atoms with E-state index in [0.29, 0.717) is 31.7 Å². The number of phenols is 1. The molecule has 0 spiro atoms. The topological polar surface area (TPSA) is 69.6 Å². The van der Waals surface area contributed by atoms with Gasteiger partial charge in [-0.3, -0.25) is 4.79 Å². The van der Waals surface area contributed by atoms with Crippen molar-refractivity contribution in [2.75, 3.05) is 31.1 Å². The molecule has 6 nitrogen and oxygen atoms in total. The minimum Gasteiger partial charge on any atom is -0.507 e. The first-order valence-electron chi connectivity index (χ1n) is 10.2. The van der Waals surface area contributed by atoms with E-state index < -0.39 is 0 Å². The van der Waals surface area contributed by atoms with Gasteiger partial charge in [0.05, 0.1) is 10.9 Å². The van der Waals surface area contributed by atoms with Crippen molar-refractivity contribution >= 4 is 33.3 Å². The lowest BCUT2D eigenvalue weighted by Crippen LogP contribution is -2.49. The number of aryl methyl sites for hydroxylation is 1. The third-order valence-electron chi connectivity index (χ3n) is 5.71. The quantitative estimate of drug-likeness (QED) is 0.524. The second-order valence-corrected chi connectivity index (χ2v) is 8.55. The largest absolute Gasteiger partial charge is 0.507 e. The van der Waals surface area contributed by atoms with Gasteiger partial charge in [-0.15, -0.1) is 11.3 Å². The number of rotatable bonds is 3. The van der Waals surface area contributed by atoms with E-state index in [9.17, 15) is 9.90 Å². The van der Waals surface area contributed by atoms with Gasteiger partial charge in [-0.25, -0.2) is 9.97 Å². The highest BCUT2D eigenvalue weighted by Crippen LogP contribution is 2.38. The Kier molecular flexibility index (Phi) is 5.03. The number of carbonyl (C=O) groups excluding carboxylic acids is 1. The van der Waals surface area contributed by atoms with Crippen LogP contribution in [0.4, 0.5) is 5.82 Å². The first kappa shape index (κ1) is 19.5. The van der Waals surface area contributed by atoms with Gasteiger partial charge in [0, 0.05) is 37.1 Å². The summed E-state index contributed by atoms with van der Waals surface area (Å²) in [5, 5.41) is 13.2. The van der Waals surface area contributed by atoms with Crippen LogP contribution in [0.2, 0.25) is 0 Å². The van der Waals surface area contributed by atoms with Crippen LogP contribution in [-0.4, -0.2) is 52.1 Å². The number of aromatic nitrogens is 2. The molecule has 3 heterocycles. The van der Waals surface area contributed by atoms with Crippen LogP contribution in [0.15, 0.2) is 60.2 Å². The van der Waals surface area contributed by atoms with Crippen molar-refractivity contribution in [2.24, 2.45) is 0 Å². The highest BCUT2D eigenvalue weighted by atomic mass is 32.1. The van der Waals surface area contributed by atoms with Crippen LogP contribution in [0.5, 0.6) is 5.75 Å². The predicted octanol–water partition coefficient (Wildman–Crippen LogP) is 4.33. The van der Waals surface area contributed by atoms with E-state index in [1.165, 1.54) is 5.56 Å². The lowest BCUT2D eigenvalue weighted by atomic mass is 10.0. The number of fused-ring (bicyclic) bond motifs is 1. The van der Waals surface area contributed by atoms with Gasteiger partial charge in [-0.2, -0.15) is 0 Å². The molecule has 2 aromatic carbocycles. The van der Waals surface area contributed by atoms with E-state index in [-0.39, 0.29) is 11.7 Å². The molecule has 156 valence electrons. The summed E-state index contributed by atoms with van der Waals surface area (Å²) in [6.45, 7) is 4.58. The Morgan fingerprint density at radius 1 is 1.00 bits per heavy atom. The van der Waals surface area contributed by atoms with E-state index in [2.05, 4.69) is 51.4 Å². The highest BCUT2D eigenvalue weighted by Gasteiger charge is 2.26. The van der Waals surface area contributed by atoms with Crippen LogP contribution in [0.25, 0.3) is 21.3 Å². The molecule has 0 atom stereocenters. The van der Waals surface area contributed by atoms with Crippen molar-refractivity contribution in [2.45, 2.75) is 6.92 Å². The molecule has 0 bridgehead atoms. The third-order valence-corrected chi connectivity index (χ3v) is 6.60. The SMILES string of the molecule is Cc1ccc(-c2csc3ncnc(N4CCN(C(=O)c5ccccc5O)CC4)c23)cc1. The van der Waals surface area contributed by atoms with Gasteiger partial charge in [-0.05, 0) is 24.6 Å². The summed E-state index contributed by atoms with van der Waals surface area (Å²) in [6.07, 6.45) is 1.62. The molecule has 1 aliphatic rings. The number of nitrogens with zero attached hydrogens (tertiary/aromatic N) is 4. The molecule has 0 unspecified atom stereocenters. The fraction of sp³-hybridized carbons (Fsp3) is 0.208. The van der Waals surface area contributed by atoms with Crippen LogP contribution in [0, 0.1) is 6.92 Å². The zero-order valence-corrected chi connectivity index (χ0v) is 18.0. The minimum atomic E-state index is -0.138. The molecule has 4 aromatic rings. The zero-order valence-electron chi connectivity index (χ0n) is 17.2. The number of thiophene rings is 1. The van der Waals surface area contributed by atoms with Gasteiger partial charge in [-0.1, -0.05) is 42.0 Å². The molecule has 5 rings (SSSR count). The van der Waals surface area contributed by atoms with Crippen molar-refractivity contribution in [1.82, 2.24) is 14.9 Å². The molecule has 1 fully saturated rings. The smallest absolute Gasteiger partial charge is 0.257 e. The lowest BCUT2D eigenvalue weighted by molar-refractivity contribution is 0.0743. The second-order valence-electron chi connectivity index (χ2n) is 7.69. The Morgan fingerprint density at radius 2 is 1.74 bits per heavy atom. The first-order valence-corrected chi connectivity index (χ1v) is 11.1. The van der Waals surface area contributed by atoms with Crippen molar-refractivity contribution < 1.29 is 9.90 Å². The van der Waals surface area contributed by atoms with Crippen molar-refractivity contribution in [3.05, 3.63) is 71.4 Å². The molecule has 31 heavy (non-hydrogen) atoms. The standard InChI is InChI=1S/C24H22N4O2S/c1-16-6-8-17(9-7-16)19-14-31-23-21(19)22(25-15-26-23)27-10-12-28(13-11-27)24(30)18-4-2-3-5-20(18)29/h2-9,14-15,29H,10-13H2,1H3.